The molecule has 1 amide bonds. The van der Waals surface area contributed by atoms with Gasteiger partial charge in [-0.2, -0.15) is 0 Å². The number of primary amides is 1. The second-order valence-electron chi connectivity index (χ2n) is 4.38. The number of hydrogen-bond donors (Lipinski definition) is 1. The molecule has 1 rings (SSSR count). The molecule has 0 fully saturated rings. The maximum atomic E-state index is 13.9. The van der Waals surface area contributed by atoms with Crippen LogP contribution in [0.2, 0.25) is 0 Å². The Balaban J connectivity index is 3.39. The van der Waals surface area contributed by atoms with Crippen LogP contribution in [0.15, 0.2) is 24.3 Å². The first-order chi connectivity index (χ1) is 9.29. The normalized spacial score (nSPS) is 10.0. The molecule has 0 aliphatic heterocycles. The van der Waals surface area contributed by atoms with Crippen molar-refractivity contribution in [1.82, 2.24) is 0 Å². The number of rotatable bonds is 5. The van der Waals surface area contributed by atoms with Crippen LogP contribution in [0, 0.1) is 5.82 Å². The fourth-order valence-corrected chi connectivity index (χ4v) is 1.57. The van der Waals surface area contributed by atoms with Crippen LogP contribution in [0.5, 0.6) is 5.75 Å². The molecule has 0 aromatic heterocycles. The van der Waals surface area contributed by atoms with Crippen molar-refractivity contribution in [3.05, 3.63) is 35.7 Å². The highest BCUT2D eigenvalue weighted by Crippen LogP contribution is 2.34. The molecule has 20 heavy (non-hydrogen) atoms. The van der Waals surface area contributed by atoms with Gasteiger partial charge in [0.15, 0.2) is 5.75 Å². The standard InChI is InChI=1S/C14H17FN2O3/c1-5-8(2)14(19)20-12-9(13(16)18)6-7-10(15)11(12)17(3)4/h6-7H,2,5H2,1,3-4H3,(H2,16,18). The van der Waals surface area contributed by atoms with Gasteiger partial charge in [-0.1, -0.05) is 13.5 Å². The van der Waals surface area contributed by atoms with E-state index in [2.05, 4.69) is 6.58 Å². The first-order valence-electron chi connectivity index (χ1n) is 5.99. The van der Waals surface area contributed by atoms with Crippen LogP contribution in [0.1, 0.15) is 23.7 Å². The third kappa shape index (κ3) is 3.14. The molecular formula is C14H17FN2O3. The number of carbonyl (C=O) groups excluding carboxylic acids is 2. The van der Waals surface area contributed by atoms with Gasteiger partial charge in [0.2, 0.25) is 0 Å². The van der Waals surface area contributed by atoms with Crippen LogP contribution >= 0.6 is 0 Å². The van der Waals surface area contributed by atoms with Crippen molar-refractivity contribution in [1.29, 1.82) is 0 Å². The summed E-state index contributed by atoms with van der Waals surface area (Å²) in [5, 5.41) is 0. The average molecular weight is 280 g/mol. The number of nitrogens with two attached hydrogens (primary N) is 1. The van der Waals surface area contributed by atoms with Gasteiger partial charge in [-0.15, -0.1) is 0 Å². The summed E-state index contributed by atoms with van der Waals surface area (Å²) >= 11 is 0. The fraction of sp³-hybridized carbons (Fsp3) is 0.286. The van der Waals surface area contributed by atoms with Crippen molar-refractivity contribution in [3.63, 3.8) is 0 Å². The van der Waals surface area contributed by atoms with E-state index in [4.69, 9.17) is 10.5 Å². The SMILES string of the molecule is C=C(CC)C(=O)Oc1c(C(N)=O)ccc(F)c1N(C)C. The molecule has 0 radical (unpaired) electrons. The van der Waals surface area contributed by atoms with Crippen molar-refractivity contribution < 1.29 is 18.7 Å². The minimum Gasteiger partial charge on any atom is -0.420 e. The van der Waals surface area contributed by atoms with Crippen LogP contribution in [-0.2, 0) is 4.79 Å². The van der Waals surface area contributed by atoms with Crippen LogP contribution in [-0.4, -0.2) is 26.0 Å². The van der Waals surface area contributed by atoms with Gasteiger partial charge in [-0.3, -0.25) is 4.79 Å². The molecule has 1 aromatic rings. The highest BCUT2D eigenvalue weighted by atomic mass is 19.1. The topological polar surface area (TPSA) is 72.6 Å². The summed E-state index contributed by atoms with van der Waals surface area (Å²) in [5.74, 6) is -2.34. The second-order valence-corrected chi connectivity index (χ2v) is 4.38. The lowest BCUT2D eigenvalue weighted by Crippen LogP contribution is -2.21. The molecule has 0 spiro atoms. The van der Waals surface area contributed by atoms with Crippen LogP contribution in [0.25, 0.3) is 0 Å². The fourth-order valence-electron chi connectivity index (χ4n) is 1.57. The maximum Gasteiger partial charge on any atom is 0.338 e. The zero-order valence-electron chi connectivity index (χ0n) is 11.7. The average Bonchev–Trinajstić information content (AvgIpc) is 2.36. The Bertz CT molecular complexity index is 568. The number of benzene rings is 1. The van der Waals surface area contributed by atoms with Gasteiger partial charge in [0, 0.05) is 19.7 Å². The monoisotopic (exact) mass is 280 g/mol. The molecule has 108 valence electrons. The Labute approximate surface area is 116 Å². The largest absolute Gasteiger partial charge is 0.420 e. The Morgan fingerprint density at radius 3 is 2.45 bits per heavy atom. The minimum atomic E-state index is -0.807. The van der Waals surface area contributed by atoms with Crippen molar-refractivity contribution in [2.45, 2.75) is 13.3 Å². The maximum absolute atomic E-state index is 13.9. The third-order valence-corrected chi connectivity index (χ3v) is 2.71. The molecule has 5 nitrogen and oxygen atoms in total. The van der Waals surface area contributed by atoms with E-state index < -0.39 is 17.7 Å². The number of anilines is 1. The Hall–Kier alpha value is -2.37. The van der Waals surface area contributed by atoms with E-state index in [0.29, 0.717) is 6.42 Å². The Morgan fingerprint density at radius 2 is 2.00 bits per heavy atom. The molecule has 0 atom stereocenters. The molecule has 2 N–H and O–H groups in total. The Kier molecular flexibility index (Phi) is 4.85. The number of carbonyl (C=O) groups is 2. The molecule has 0 bridgehead atoms. The minimum absolute atomic E-state index is 0.0152. The van der Waals surface area contributed by atoms with Crippen molar-refractivity contribution in [2.75, 3.05) is 19.0 Å². The molecule has 0 heterocycles. The van der Waals surface area contributed by atoms with E-state index in [1.807, 2.05) is 0 Å². The summed E-state index contributed by atoms with van der Waals surface area (Å²) in [4.78, 5) is 24.6. The van der Waals surface area contributed by atoms with Crippen LogP contribution < -0.4 is 15.4 Å². The molecule has 0 saturated carbocycles. The van der Waals surface area contributed by atoms with Gasteiger partial charge in [-0.25, -0.2) is 9.18 Å². The molecule has 6 heteroatoms. The third-order valence-electron chi connectivity index (χ3n) is 2.71. The molecule has 0 aliphatic carbocycles. The number of esters is 1. The summed E-state index contributed by atoms with van der Waals surface area (Å²) in [6, 6.07) is 2.28. The van der Waals surface area contributed by atoms with E-state index in [1.165, 1.54) is 11.0 Å². The van der Waals surface area contributed by atoms with Crippen LogP contribution in [0.4, 0.5) is 10.1 Å². The van der Waals surface area contributed by atoms with Gasteiger partial charge in [-0.05, 0) is 18.6 Å². The van der Waals surface area contributed by atoms with Gasteiger partial charge in [0.05, 0.1) is 5.56 Å². The molecular weight excluding hydrogens is 263 g/mol. The first kappa shape index (κ1) is 15.7. The summed E-state index contributed by atoms with van der Waals surface area (Å²) in [7, 11) is 3.13. The first-order valence-corrected chi connectivity index (χ1v) is 5.99. The summed E-state index contributed by atoms with van der Waals surface area (Å²) in [6.45, 7) is 5.28. The van der Waals surface area contributed by atoms with Gasteiger partial charge < -0.3 is 15.4 Å². The molecule has 1 aromatic carbocycles. The quantitative estimate of drug-likeness (QED) is 0.507. The zero-order valence-corrected chi connectivity index (χ0v) is 11.7. The van der Waals surface area contributed by atoms with Gasteiger partial charge >= 0.3 is 5.97 Å². The molecule has 0 unspecified atom stereocenters. The second kappa shape index (κ2) is 6.18. The van der Waals surface area contributed by atoms with E-state index in [1.54, 1.807) is 21.0 Å². The Morgan fingerprint density at radius 1 is 1.40 bits per heavy atom. The van der Waals surface area contributed by atoms with Crippen LogP contribution in [0.3, 0.4) is 0 Å². The van der Waals surface area contributed by atoms with Gasteiger partial charge in [0.1, 0.15) is 11.5 Å². The number of halogens is 1. The van der Waals surface area contributed by atoms with Crippen molar-refractivity contribution >= 4 is 17.6 Å². The van der Waals surface area contributed by atoms with E-state index in [0.717, 1.165) is 6.07 Å². The van der Waals surface area contributed by atoms with E-state index >= 15 is 0 Å². The lowest BCUT2D eigenvalue weighted by Gasteiger charge is -2.19. The summed E-state index contributed by atoms with van der Waals surface area (Å²) in [6.07, 6.45) is 0.386. The predicted octanol–water partition coefficient (Wildman–Crippen LogP) is 1.86. The number of hydrogen-bond acceptors (Lipinski definition) is 4. The highest BCUT2D eigenvalue weighted by Gasteiger charge is 2.23. The lowest BCUT2D eigenvalue weighted by molar-refractivity contribution is -0.130. The number of amides is 1. The summed E-state index contributed by atoms with van der Waals surface area (Å²) < 4.78 is 19.0. The number of ether oxygens (including phenoxy) is 1. The van der Waals surface area contributed by atoms with Crippen molar-refractivity contribution in [3.8, 4) is 5.75 Å². The zero-order chi connectivity index (χ0) is 15.4. The van der Waals surface area contributed by atoms with E-state index in [-0.39, 0.29) is 22.6 Å². The predicted molar refractivity (Wildman–Crippen MR) is 74.3 cm³/mol. The smallest absolute Gasteiger partial charge is 0.338 e. The van der Waals surface area contributed by atoms with Crippen molar-refractivity contribution in [2.24, 2.45) is 5.73 Å². The highest BCUT2D eigenvalue weighted by molar-refractivity contribution is 6.00. The lowest BCUT2D eigenvalue weighted by atomic mass is 10.1. The summed E-state index contributed by atoms with van der Waals surface area (Å²) in [5.41, 5.74) is 5.36. The van der Waals surface area contributed by atoms with E-state index in [9.17, 15) is 14.0 Å². The van der Waals surface area contributed by atoms with Gasteiger partial charge in [0.25, 0.3) is 5.91 Å². The molecule has 0 aliphatic rings. The number of nitrogens with zero attached hydrogens (tertiary/aromatic N) is 1. The molecule has 0 saturated heterocycles.